The van der Waals surface area contributed by atoms with Crippen LogP contribution in [0.5, 0.6) is 0 Å². The van der Waals surface area contributed by atoms with Gasteiger partial charge in [0.2, 0.25) is 5.91 Å². The van der Waals surface area contributed by atoms with Gasteiger partial charge in [-0.25, -0.2) is 4.98 Å². The SMILES string of the molecule is CC(C)C[C@H](CN)CC(=O)N1CCN(c2nccs2)CC1. The van der Waals surface area contributed by atoms with E-state index in [9.17, 15) is 4.79 Å². The predicted molar refractivity (Wildman–Crippen MR) is 87.5 cm³/mol. The second kappa shape index (κ2) is 7.75. The maximum Gasteiger partial charge on any atom is 0.223 e. The molecule has 2 N–H and O–H groups in total. The molecule has 1 aliphatic rings. The predicted octanol–water partition coefficient (Wildman–Crippen LogP) is 1.80. The van der Waals surface area contributed by atoms with Crippen LogP contribution in [0.1, 0.15) is 26.7 Å². The Bertz CT molecular complexity index is 427. The van der Waals surface area contributed by atoms with Crippen molar-refractivity contribution in [2.45, 2.75) is 26.7 Å². The van der Waals surface area contributed by atoms with Crippen LogP contribution in [0.25, 0.3) is 0 Å². The Balaban J connectivity index is 1.80. The van der Waals surface area contributed by atoms with Gasteiger partial charge in [-0.05, 0) is 24.8 Å². The topological polar surface area (TPSA) is 62.5 Å². The second-order valence-electron chi connectivity index (χ2n) is 6.12. The highest BCUT2D eigenvalue weighted by Gasteiger charge is 2.24. The van der Waals surface area contributed by atoms with E-state index in [-0.39, 0.29) is 5.91 Å². The molecule has 0 bridgehead atoms. The van der Waals surface area contributed by atoms with E-state index < -0.39 is 0 Å². The summed E-state index contributed by atoms with van der Waals surface area (Å²) in [6, 6.07) is 0. The quantitative estimate of drug-likeness (QED) is 0.870. The number of piperazine rings is 1. The van der Waals surface area contributed by atoms with Gasteiger partial charge in [0.05, 0.1) is 0 Å². The molecule has 1 aliphatic heterocycles. The molecule has 2 rings (SSSR count). The lowest BCUT2D eigenvalue weighted by Crippen LogP contribution is -2.49. The molecule has 0 radical (unpaired) electrons. The van der Waals surface area contributed by atoms with E-state index in [0.29, 0.717) is 24.8 Å². The maximum absolute atomic E-state index is 12.4. The van der Waals surface area contributed by atoms with Crippen molar-refractivity contribution in [3.8, 4) is 0 Å². The van der Waals surface area contributed by atoms with Crippen LogP contribution < -0.4 is 10.6 Å². The molecule has 0 saturated carbocycles. The fourth-order valence-corrected chi connectivity index (χ4v) is 3.52. The van der Waals surface area contributed by atoms with Gasteiger partial charge in [-0.3, -0.25) is 4.79 Å². The average molecular weight is 310 g/mol. The largest absolute Gasteiger partial charge is 0.345 e. The fraction of sp³-hybridized carbons (Fsp3) is 0.733. The molecule has 1 saturated heterocycles. The summed E-state index contributed by atoms with van der Waals surface area (Å²) < 4.78 is 0. The summed E-state index contributed by atoms with van der Waals surface area (Å²) in [6.07, 6.45) is 3.45. The van der Waals surface area contributed by atoms with Crippen molar-refractivity contribution >= 4 is 22.4 Å². The highest BCUT2D eigenvalue weighted by atomic mass is 32.1. The zero-order valence-electron chi connectivity index (χ0n) is 13.0. The Morgan fingerprint density at radius 2 is 2.10 bits per heavy atom. The summed E-state index contributed by atoms with van der Waals surface area (Å²) in [5, 5.41) is 3.05. The minimum atomic E-state index is 0.255. The van der Waals surface area contributed by atoms with Gasteiger partial charge in [0, 0.05) is 44.2 Å². The molecule has 1 aromatic rings. The molecule has 1 aromatic heterocycles. The number of rotatable bonds is 6. The standard InChI is InChI=1S/C15H26N4OS/c1-12(2)9-13(11-16)10-14(20)18-4-6-19(7-5-18)15-17-3-8-21-15/h3,8,12-13H,4-7,9-11,16H2,1-2H3/t13-/m0/s1. The van der Waals surface area contributed by atoms with Gasteiger partial charge in [0.15, 0.2) is 5.13 Å². The first-order valence-corrected chi connectivity index (χ1v) is 8.60. The molecular formula is C15H26N4OS. The minimum Gasteiger partial charge on any atom is -0.345 e. The lowest BCUT2D eigenvalue weighted by molar-refractivity contribution is -0.132. The Morgan fingerprint density at radius 3 is 2.62 bits per heavy atom. The van der Waals surface area contributed by atoms with Crippen molar-refractivity contribution in [3.63, 3.8) is 0 Å². The Hall–Kier alpha value is -1.14. The number of carbonyl (C=O) groups excluding carboxylic acids is 1. The summed E-state index contributed by atoms with van der Waals surface area (Å²) in [7, 11) is 0. The number of nitrogens with two attached hydrogens (primary N) is 1. The van der Waals surface area contributed by atoms with Gasteiger partial charge in [0.1, 0.15) is 0 Å². The van der Waals surface area contributed by atoms with Crippen LogP contribution in [0.2, 0.25) is 0 Å². The summed E-state index contributed by atoms with van der Waals surface area (Å²) in [5.74, 6) is 1.16. The van der Waals surface area contributed by atoms with E-state index in [1.54, 1.807) is 11.3 Å². The molecule has 6 heteroatoms. The molecule has 0 unspecified atom stereocenters. The third-order valence-electron chi connectivity index (χ3n) is 3.92. The van der Waals surface area contributed by atoms with Crippen LogP contribution in [0.4, 0.5) is 5.13 Å². The molecule has 1 amide bonds. The van der Waals surface area contributed by atoms with Crippen LogP contribution in [-0.4, -0.2) is 48.5 Å². The molecule has 118 valence electrons. The number of hydrogen-bond donors (Lipinski definition) is 1. The number of thiazole rings is 1. The van der Waals surface area contributed by atoms with Crippen molar-refractivity contribution in [1.29, 1.82) is 0 Å². The lowest BCUT2D eigenvalue weighted by Gasteiger charge is -2.35. The van der Waals surface area contributed by atoms with E-state index in [2.05, 4.69) is 23.7 Å². The zero-order chi connectivity index (χ0) is 15.2. The summed E-state index contributed by atoms with van der Waals surface area (Å²) in [4.78, 5) is 20.9. The Kier molecular flexibility index (Phi) is 5.99. The van der Waals surface area contributed by atoms with Crippen LogP contribution in [0.15, 0.2) is 11.6 Å². The summed E-state index contributed by atoms with van der Waals surface area (Å²) in [6.45, 7) is 8.28. The third-order valence-corrected chi connectivity index (χ3v) is 4.76. The van der Waals surface area contributed by atoms with E-state index in [4.69, 9.17) is 5.73 Å². The molecule has 0 aromatic carbocycles. The van der Waals surface area contributed by atoms with Crippen LogP contribution >= 0.6 is 11.3 Å². The highest BCUT2D eigenvalue weighted by Crippen LogP contribution is 2.20. The first kappa shape index (κ1) is 16.2. The average Bonchev–Trinajstić information content (AvgIpc) is 3.00. The van der Waals surface area contributed by atoms with Crippen LogP contribution in [0, 0.1) is 11.8 Å². The zero-order valence-corrected chi connectivity index (χ0v) is 13.8. The molecule has 1 atom stereocenters. The molecule has 5 nitrogen and oxygen atoms in total. The summed E-state index contributed by atoms with van der Waals surface area (Å²) in [5.41, 5.74) is 5.80. The van der Waals surface area contributed by atoms with Crippen molar-refractivity contribution in [1.82, 2.24) is 9.88 Å². The second-order valence-corrected chi connectivity index (χ2v) is 6.99. The molecular weight excluding hydrogens is 284 g/mol. The van der Waals surface area contributed by atoms with Crippen molar-refractivity contribution in [2.75, 3.05) is 37.6 Å². The van der Waals surface area contributed by atoms with Crippen LogP contribution in [0.3, 0.4) is 0 Å². The first-order chi connectivity index (χ1) is 10.1. The van der Waals surface area contributed by atoms with E-state index in [1.165, 1.54) is 0 Å². The minimum absolute atomic E-state index is 0.255. The van der Waals surface area contributed by atoms with Crippen molar-refractivity contribution in [3.05, 3.63) is 11.6 Å². The van der Waals surface area contributed by atoms with E-state index >= 15 is 0 Å². The van der Waals surface area contributed by atoms with Gasteiger partial charge >= 0.3 is 0 Å². The monoisotopic (exact) mass is 310 g/mol. The third kappa shape index (κ3) is 4.68. The van der Waals surface area contributed by atoms with Gasteiger partial charge in [-0.1, -0.05) is 13.8 Å². The Labute approximate surface area is 131 Å². The maximum atomic E-state index is 12.4. The molecule has 2 heterocycles. The first-order valence-electron chi connectivity index (χ1n) is 7.72. The van der Waals surface area contributed by atoms with Crippen LogP contribution in [-0.2, 0) is 4.79 Å². The number of amides is 1. The normalized spacial score (nSPS) is 17.3. The highest BCUT2D eigenvalue weighted by molar-refractivity contribution is 7.13. The number of anilines is 1. The molecule has 0 aliphatic carbocycles. The molecule has 21 heavy (non-hydrogen) atoms. The molecule has 1 fully saturated rings. The lowest BCUT2D eigenvalue weighted by atomic mass is 9.93. The number of aromatic nitrogens is 1. The van der Waals surface area contributed by atoms with E-state index in [1.807, 2.05) is 16.5 Å². The van der Waals surface area contributed by atoms with Gasteiger partial charge in [-0.2, -0.15) is 0 Å². The fourth-order valence-electron chi connectivity index (χ4n) is 2.82. The van der Waals surface area contributed by atoms with Crippen molar-refractivity contribution < 1.29 is 4.79 Å². The number of hydrogen-bond acceptors (Lipinski definition) is 5. The smallest absolute Gasteiger partial charge is 0.223 e. The van der Waals surface area contributed by atoms with Crippen molar-refractivity contribution in [2.24, 2.45) is 17.6 Å². The number of nitrogens with zero attached hydrogens (tertiary/aromatic N) is 3. The number of carbonyl (C=O) groups is 1. The Morgan fingerprint density at radius 1 is 1.38 bits per heavy atom. The van der Waals surface area contributed by atoms with E-state index in [0.717, 1.165) is 37.7 Å². The van der Waals surface area contributed by atoms with Gasteiger partial charge < -0.3 is 15.5 Å². The molecule has 0 spiro atoms. The van der Waals surface area contributed by atoms with Gasteiger partial charge in [-0.15, -0.1) is 11.3 Å². The summed E-state index contributed by atoms with van der Waals surface area (Å²) >= 11 is 1.66. The van der Waals surface area contributed by atoms with Gasteiger partial charge in [0.25, 0.3) is 0 Å².